The molecule has 0 aliphatic heterocycles. The van der Waals surface area contributed by atoms with Crippen molar-refractivity contribution in [2.45, 2.75) is 17.7 Å². The van der Waals surface area contributed by atoms with Crippen LogP contribution in [0, 0.1) is 0 Å². The molecular formula is C19H21F3N2O7S. The molecule has 0 fully saturated rings. The zero-order chi connectivity index (χ0) is 23.9. The lowest BCUT2D eigenvalue weighted by atomic mass is 10.2. The van der Waals surface area contributed by atoms with E-state index in [1.165, 1.54) is 33.5 Å². The van der Waals surface area contributed by atoms with E-state index in [9.17, 15) is 26.4 Å². The minimum atomic E-state index is -4.88. The zero-order valence-corrected chi connectivity index (χ0v) is 18.1. The van der Waals surface area contributed by atoms with Crippen LogP contribution in [0.25, 0.3) is 0 Å². The van der Waals surface area contributed by atoms with Crippen molar-refractivity contribution in [2.75, 3.05) is 33.2 Å². The maximum absolute atomic E-state index is 12.3. The van der Waals surface area contributed by atoms with Gasteiger partial charge in [0.05, 0.1) is 26.2 Å². The molecular weight excluding hydrogens is 457 g/mol. The standard InChI is InChI=1S/C19H21F3N2O7S/c1-28-15-10-12(11-16(29-2)18(15)30-3)24-17(25)8-9-23-32(26,27)14-6-4-13(5-7-14)31-19(20,21)22/h4-7,10-11,23H,8-9H2,1-3H3,(H,24,25). The van der Waals surface area contributed by atoms with Crippen molar-refractivity contribution in [1.82, 2.24) is 4.72 Å². The zero-order valence-electron chi connectivity index (χ0n) is 17.3. The van der Waals surface area contributed by atoms with Gasteiger partial charge >= 0.3 is 6.36 Å². The molecule has 0 aromatic heterocycles. The van der Waals surface area contributed by atoms with Gasteiger partial charge in [-0.1, -0.05) is 0 Å². The highest BCUT2D eigenvalue weighted by Crippen LogP contribution is 2.39. The third-order valence-electron chi connectivity index (χ3n) is 3.96. The van der Waals surface area contributed by atoms with Crippen LogP contribution in [-0.4, -0.2) is 48.6 Å². The van der Waals surface area contributed by atoms with Crippen LogP contribution in [0.5, 0.6) is 23.0 Å². The van der Waals surface area contributed by atoms with Gasteiger partial charge in [-0.25, -0.2) is 13.1 Å². The van der Waals surface area contributed by atoms with Crippen LogP contribution >= 0.6 is 0 Å². The lowest BCUT2D eigenvalue weighted by Crippen LogP contribution is -2.28. The molecule has 0 bridgehead atoms. The number of anilines is 1. The van der Waals surface area contributed by atoms with Crippen LogP contribution in [0.15, 0.2) is 41.3 Å². The number of hydrogen-bond acceptors (Lipinski definition) is 7. The highest BCUT2D eigenvalue weighted by molar-refractivity contribution is 7.89. The van der Waals surface area contributed by atoms with E-state index in [1.807, 2.05) is 0 Å². The minimum Gasteiger partial charge on any atom is -0.493 e. The van der Waals surface area contributed by atoms with Crippen LogP contribution in [-0.2, 0) is 14.8 Å². The van der Waals surface area contributed by atoms with E-state index in [0.29, 0.717) is 22.9 Å². The molecule has 0 saturated heterocycles. The Bertz CT molecular complexity index is 1020. The third kappa shape index (κ3) is 6.92. The Labute approximate surface area is 182 Å². The molecule has 2 aromatic rings. The summed E-state index contributed by atoms with van der Waals surface area (Å²) in [6, 6.07) is 6.68. The Morgan fingerprint density at radius 2 is 1.53 bits per heavy atom. The first kappa shape index (κ1) is 25.1. The number of alkyl halides is 3. The first-order valence-corrected chi connectivity index (χ1v) is 10.4. The molecule has 13 heteroatoms. The Morgan fingerprint density at radius 3 is 2.00 bits per heavy atom. The number of amides is 1. The quantitative estimate of drug-likeness (QED) is 0.540. The van der Waals surface area contributed by atoms with Gasteiger partial charge < -0.3 is 24.3 Å². The first-order valence-electron chi connectivity index (χ1n) is 8.94. The van der Waals surface area contributed by atoms with Crippen molar-refractivity contribution in [2.24, 2.45) is 0 Å². The van der Waals surface area contributed by atoms with Gasteiger partial charge in [-0.3, -0.25) is 4.79 Å². The third-order valence-corrected chi connectivity index (χ3v) is 5.44. The second-order valence-corrected chi connectivity index (χ2v) is 7.90. The molecule has 1 amide bonds. The van der Waals surface area contributed by atoms with E-state index in [1.54, 1.807) is 0 Å². The average Bonchev–Trinajstić information content (AvgIpc) is 2.72. The monoisotopic (exact) mass is 478 g/mol. The number of methoxy groups -OCH3 is 3. The summed E-state index contributed by atoms with van der Waals surface area (Å²) in [6.45, 7) is -0.251. The van der Waals surface area contributed by atoms with Crippen molar-refractivity contribution in [1.29, 1.82) is 0 Å². The van der Waals surface area contributed by atoms with Crippen LogP contribution in [0.2, 0.25) is 0 Å². The molecule has 0 radical (unpaired) electrons. The lowest BCUT2D eigenvalue weighted by Gasteiger charge is -2.14. The Hall–Kier alpha value is -3.19. The molecule has 0 spiro atoms. The van der Waals surface area contributed by atoms with Gasteiger partial charge in [0.25, 0.3) is 0 Å². The summed E-state index contributed by atoms with van der Waals surface area (Å²) >= 11 is 0. The molecule has 32 heavy (non-hydrogen) atoms. The van der Waals surface area contributed by atoms with E-state index in [4.69, 9.17) is 14.2 Å². The number of sulfonamides is 1. The van der Waals surface area contributed by atoms with Crippen molar-refractivity contribution in [3.63, 3.8) is 0 Å². The lowest BCUT2D eigenvalue weighted by molar-refractivity contribution is -0.274. The summed E-state index contributed by atoms with van der Waals surface area (Å²) in [5.74, 6) is -0.0777. The number of ether oxygens (including phenoxy) is 4. The van der Waals surface area contributed by atoms with Gasteiger partial charge in [0.1, 0.15) is 5.75 Å². The van der Waals surface area contributed by atoms with Crippen molar-refractivity contribution in [3.05, 3.63) is 36.4 Å². The van der Waals surface area contributed by atoms with E-state index in [0.717, 1.165) is 24.3 Å². The SMILES string of the molecule is COc1cc(NC(=O)CCNS(=O)(=O)c2ccc(OC(F)(F)F)cc2)cc(OC)c1OC. The molecule has 0 saturated carbocycles. The number of carbonyl (C=O) groups is 1. The highest BCUT2D eigenvalue weighted by Gasteiger charge is 2.31. The van der Waals surface area contributed by atoms with Gasteiger partial charge in [-0.05, 0) is 24.3 Å². The van der Waals surface area contributed by atoms with Gasteiger partial charge in [0, 0.05) is 30.8 Å². The number of nitrogens with one attached hydrogen (secondary N) is 2. The fourth-order valence-electron chi connectivity index (χ4n) is 2.58. The van der Waals surface area contributed by atoms with Gasteiger partial charge in [-0.15, -0.1) is 13.2 Å². The van der Waals surface area contributed by atoms with Crippen molar-refractivity contribution < 1.29 is 45.3 Å². The predicted molar refractivity (Wildman–Crippen MR) is 108 cm³/mol. The molecule has 0 atom stereocenters. The van der Waals surface area contributed by atoms with E-state index in [2.05, 4.69) is 14.8 Å². The predicted octanol–water partition coefficient (Wildman–Crippen LogP) is 2.92. The van der Waals surface area contributed by atoms with E-state index in [-0.39, 0.29) is 17.9 Å². The summed E-state index contributed by atoms with van der Waals surface area (Å²) in [5.41, 5.74) is 0.340. The maximum Gasteiger partial charge on any atom is 0.573 e. The summed E-state index contributed by atoms with van der Waals surface area (Å²) in [5, 5.41) is 2.59. The number of benzene rings is 2. The number of halogens is 3. The van der Waals surface area contributed by atoms with Crippen LogP contribution in [0.1, 0.15) is 6.42 Å². The van der Waals surface area contributed by atoms with Crippen molar-refractivity contribution >= 4 is 21.6 Å². The van der Waals surface area contributed by atoms with E-state index < -0.39 is 28.0 Å². The van der Waals surface area contributed by atoms with E-state index >= 15 is 0 Å². The Balaban J connectivity index is 1.96. The topological polar surface area (TPSA) is 112 Å². The molecule has 2 N–H and O–H groups in total. The molecule has 0 aliphatic carbocycles. The smallest absolute Gasteiger partial charge is 0.493 e. The molecule has 2 rings (SSSR count). The number of carbonyl (C=O) groups excluding carboxylic acids is 1. The molecule has 0 unspecified atom stereocenters. The molecule has 9 nitrogen and oxygen atoms in total. The molecule has 2 aromatic carbocycles. The summed E-state index contributed by atoms with van der Waals surface area (Å²) < 4.78 is 82.5. The summed E-state index contributed by atoms with van der Waals surface area (Å²) in [7, 11) is 0.221. The van der Waals surface area contributed by atoms with Gasteiger partial charge in [0.15, 0.2) is 11.5 Å². The summed E-state index contributed by atoms with van der Waals surface area (Å²) in [6.07, 6.45) is -5.10. The van der Waals surface area contributed by atoms with Gasteiger partial charge in [-0.2, -0.15) is 0 Å². The van der Waals surface area contributed by atoms with Crippen molar-refractivity contribution in [3.8, 4) is 23.0 Å². The largest absolute Gasteiger partial charge is 0.573 e. The van der Waals surface area contributed by atoms with Crippen LogP contribution in [0.3, 0.4) is 0 Å². The Morgan fingerprint density at radius 1 is 0.969 bits per heavy atom. The van der Waals surface area contributed by atoms with Gasteiger partial charge in [0.2, 0.25) is 21.7 Å². The fourth-order valence-corrected chi connectivity index (χ4v) is 3.61. The second-order valence-electron chi connectivity index (χ2n) is 6.13. The minimum absolute atomic E-state index is 0.217. The van der Waals surface area contributed by atoms with Crippen LogP contribution in [0.4, 0.5) is 18.9 Å². The average molecular weight is 478 g/mol. The number of rotatable bonds is 10. The second kappa shape index (κ2) is 10.4. The normalized spacial score (nSPS) is 11.6. The molecule has 176 valence electrons. The molecule has 0 aliphatic rings. The molecule has 0 heterocycles. The first-order chi connectivity index (χ1) is 15.0. The Kier molecular flexibility index (Phi) is 8.16. The number of hydrogen-bond donors (Lipinski definition) is 2. The fraction of sp³-hybridized carbons (Fsp3) is 0.316. The summed E-state index contributed by atoms with van der Waals surface area (Å²) in [4.78, 5) is 11.9. The highest BCUT2D eigenvalue weighted by atomic mass is 32.2. The van der Waals surface area contributed by atoms with Crippen LogP contribution < -0.4 is 29.0 Å². The maximum atomic E-state index is 12.3.